The number of nitrogen functional groups attached to an aromatic ring is 1. The molecule has 18 heavy (non-hydrogen) atoms. The first-order valence-corrected chi connectivity index (χ1v) is 6.57. The summed E-state index contributed by atoms with van der Waals surface area (Å²) in [6, 6.07) is 3.75. The summed E-state index contributed by atoms with van der Waals surface area (Å²) in [5.41, 5.74) is 6.09. The largest absolute Gasteiger partial charge is 0.385 e. The van der Waals surface area contributed by atoms with Crippen molar-refractivity contribution in [3.63, 3.8) is 0 Å². The lowest BCUT2D eigenvalue weighted by atomic mass is 9.58. The highest BCUT2D eigenvalue weighted by Crippen LogP contribution is 2.54. The summed E-state index contributed by atoms with van der Waals surface area (Å²) < 4.78 is 0. The van der Waals surface area contributed by atoms with E-state index in [1.54, 1.807) is 6.20 Å². The van der Waals surface area contributed by atoms with Crippen molar-refractivity contribution in [1.82, 2.24) is 4.98 Å². The molecule has 0 amide bonds. The molecule has 0 radical (unpaired) electrons. The number of hydrogen-bond acceptors (Lipinski definition) is 3. The molecule has 2 rings (SSSR count). The summed E-state index contributed by atoms with van der Waals surface area (Å²) in [7, 11) is 0. The first-order chi connectivity index (χ1) is 8.14. The lowest BCUT2D eigenvalue weighted by molar-refractivity contribution is -0.0909. The van der Waals surface area contributed by atoms with Crippen LogP contribution in [0.3, 0.4) is 0 Å². The molecular weight excluding hydrogens is 224 g/mol. The monoisotopic (exact) mass is 248 g/mol. The minimum absolute atomic E-state index is 0.110. The minimum atomic E-state index is -0.858. The predicted octanol–water partition coefficient (Wildman–Crippen LogP) is 3.09. The van der Waals surface area contributed by atoms with Crippen LogP contribution in [0.1, 0.15) is 52.5 Å². The molecule has 1 saturated carbocycles. The highest BCUT2D eigenvalue weighted by atomic mass is 16.3. The van der Waals surface area contributed by atoms with Gasteiger partial charge in [-0.25, -0.2) is 4.98 Å². The Morgan fingerprint density at radius 1 is 1.11 bits per heavy atom. The Balaban J connectivity index is 2.45. The van der Waals surface area contributed by atoms with Gasteiger partial charge in [-0.05, 0) is 36.2 Å². The molecule has 0 unspecified atom stereocenters. The maximum absolute atomic E-state index is 11.1. The van der Waals surface area contributed by atoms with Crippen LogP contribution in [-0.2, 0) is 5.60 Å². The average Bonchev–Trinajstić information content (AvgIpc) is 2.11. The Hall–Kier alpha value is -1.09. The zero-order valence-electron chi connectivity index (χ0n) is 11.8. The molecule has 0 saturated heterocycles. The van der Waals surface area contributed by atoms with Crippen LogP contribution in [0.4, 0.5) is 5.82 Å². The van der Waals surface area contributed by atoms with Gasteiger partial charge >= 0.3 is 0 Å². The fourth-order valence-corrected chi connectivity index (χ4v) is 4.07. The zero-order valence-corrected chi connectivity index (χ0v) is 11.8. The second kappa shape index (κ2) is 3.95. The fourth-order valence-electron chi connectivity index (χ4n) is 4.07. The summed E-state index contributed by atoms with van der Waals surface area (Å²) >= 11 is 0. The highest BCUT2D eigenvalue weighted by Gasteiger charge is 2.48. The van der Waals surface area contributed by atoms with Crippen molar-refractivity contribution in [2.45, 2.75) is 52.6 Å². The van der Waals surface area contributed by atoms with Gasteiger partial charge in [-0.2, -0.15) is 0 Å². The highest BCUT2D eigenvalue weighted by molar-refractivity contribution is 5.43. The smallest absolute Gasteiger partial charge is 0.129 e. The van der Waals surface area contributed by atoms with Gasteiger partial charge in [-0.3, -0.25) is 0 Å². The van der Waals surface area contributed by atoms with Gasteiger partial charge < -0.3 is 10.8 Å². The van der Waals surface area contributed by atoms with Gasteiger partial charge in [0.1, 0.15) is 5.82 Å². The molecule has 3 nitrogen and oxygen atoms in total. The van der Waals surface area contributed by atoms with E-state index in [0.717, 1.165) is 24.8 Å². The van der Waals surface area contributed by atoms with Gasteiger partial charge in [-0.15, -0.1) is 0 Å². The predicted molar refractivity (Wildman–Crippen MR) is 74.0 cm³/mol. The van der Waals surface area contributed by atoms with Crippen LogP contribution in [0.25, 0.3) is 0 Å². The molecule has 1 aromatic rings. The lowest BCUT2D eigenvalue weighted by Crippen LogP contribution is -2.44. The summed E-state index contributed by atoms with van der Waals surface area (Å²) in [5, 5.41) is 11.1. The number of pyridine rings is 1. The topological polar surface area (TPSA) is 59.1 Å². The van der Waals surface area contributed by atoms with Crippen LogP contribution in [-0.4, -0.2) is 10.1 Å². The molecule has 1 aliphatic carbocycles. The van der Waals surface area contributed by atoms with Crippen LogP contribution in [0.15, 0.2) is 18.3 Å². The molecule has 100 valence electrons. The maximum atomic E-state index is 11.1. The van der Waals surface area contributed by atoms with Gasteiger partial charge in [0.05, 0.1) is 5.60 Å². The third-order valence-electron chi connectivity index (χ3n) is 3.84. The maximum Gasteiger partial charge on any atom is 0.129 e. The van der Waals surface area contributed by atoms with Crippen molar-refractivity contribution < 1.29 is 5.11 Å². The van der Waals surface area contributed by atoms with E-state index in [2.05, 4.69) is 32.7 Å². The number of hydrogen-bond donors (Lipinski definition) is 2. The normalized spacial score (nSPS) is 24.7. The van der Waals surface area contributed by atoms with Crippen molar-refractivity contribution in [3.8, 4) is 0 Å². The van der Waals surface area contributed by atoms with E-state index in [9.17, 15) is 5.11 Å². The molecular formula is C15H24N2O. The van der Waals surface area contributed by atoms with Crippen molar-refractivity contribution in [1.29, 1.82) is 0 Å². The standard InChI is InChI=1S/C15H24N2O/c1-13(2)8-14(3,4)10-15(18,9-13)11-6-5-7-17-12(11)16/h5-7,18H,8-10H2,1-4H3,(H2,16,17). The van der Waals surface area contributed by atoms with Gasteiger partial charge in [-0.1, -0.05) is 33.8 Å². The Bertz CT molecular complexity index is 436. The second-order valence-corrected chi connectivity index (χ2v) is 7.33. The van der Waals surface area contributed by atoms with E-state index in [4.69, 9.17) is 5.73 Å². The number of nitrogens with two attached hydrogens (primary N) is 1. The average molecular weight is 248 g/mol. The van der Waals surface area contributed by atoms with Crippen LogP contribution in [0.5, 0.6) is 0 Å². The molecule has 1 aliphatic rings. The molecule has 3 heteroatoms. The molecule has 0 aromatic carbocycles. The Kier molecular flexibility index (Phi) is 2.93. The number of aliphatic hydroxyl groups is 1. The molecule has 1 heterocycles. The SMILES string of the molecule is CC1(C)CC(C)(C)CC(O)(c2cccnc2N)C1. The summed E-state index contributed by atoms with van der Waals surface area (Å²) in [5.74, 6) is 0.452. The molecule has 0 aliphatic heterocycles. The van der Waals surface area contributed by atoms with E-state index in [0.29, 0.717) is 5.82 Å². The van der Waals surface area contributed by atoms with Gasteiger partial charge in [0.25, 0.3) is 0 Å². The van der Waals surface area contributed by atoms with Gasteiger partial charge in [0.2, 0.25) is 0 Å². The van der Waals surface area contributed by atoms with E-state index in [1.165, 1.54) is 0 Å². The third-order valence-corrected chi connectivity index (χ3v) is 3.84. The summed E-state index contributed by atoms with van der Waals surface area (Å²) in [4.78, 5) is 4.11. The summed E-state index contributed by atoms with van der Waals surface area (Å²) in [6.07, 6.45) is 4.25. The lowest BCUT2D eigenvalue weighted by Gasteiger charge is -2.49. The number of aromatic nitrogens is 1. The molecule has 0 atom stereocenters. The van der Waals surface area contributed by atoms with Crippen molar-refractivity contribution in [2.24, 2.45) is 10.8 Å². The molecule has 0 bridgehead atoms. The fraction of sp³-hybridized carbons (Fsp3) is 0.667. The van der Waals surface area contributed by atoms with E-state index < -0.39 is 5.60 Å². The van der Waals surface area contributed by atoms with E-state index in [-0.39, 0.29) is 10.8 Å². The third kappa shape index (κ3) is 2.51. The van der Waals surface area contributed by atoms with Crippen LogP contribution in [0, 0.1) is 10.8 Å². The van der Waals surface area contributed by atoms with Crippen LogP contribution >= 0.6 is 0 Å². The van der Waals surface area contributed by atoms with Gasteiger partial charge in [0.15, 0.2) is 0 Å². The van der Waals surface area contributed by atoms with E-state index in [1.807, 2.05) is 12.1 Å². The first kappa shape index (κ1) is 13.3. The number of rotatable bonds is 1. The zero-order chi connectivity index (χ0) is 13.6. The molecule has 1 fully saturated rings. The van der Waals surface area contributed by atoms with Crippen LogP contribution in [0.2, 0.25) is 0 Å². The Morgan fingerprint density at radius 3 is 2.17 bits per heavy atom. The number of nitrogens with zero attached hydrogens (tertiary/aromatic N) is 1. The molecule has 1 aromatic heterocycles. The van der Waals surface area contributed by atoms with Crippen LogP contribution < -0.4 is 5.73 Å². The molecule has 3 N–H and O–H groups in total. The minimum Gasteiger partial charge on any atom is -0.385 e. The quantitative estimate of drug-likeness (QED) is 0.803. The van der Waals surface area contributed by atoms with Crippen molar-refractivity contribution in [3.05, 3.63) is 23.9 Å². The van der Waals surface area contributed by atoms with Gasteiger partial charge in [0, 0.05) is 11.8 Å². The Labute approximate surface area is 109 Å². The Morgan fingerprint density at radius 2 is 1.67 bits per heavy atom. The first-order valence-electron chi connectivity index (χ1n) is 6.57. The van der Waals surface area contributed by atoms with Crippen molar-refractivity contribution >= 4 is 5.82 Å². The molecule has 0 spiro atoms. The number of anilines is 1. The van der Waals surface area contributed by atoms with Crippen molar-refractivity contribution in [2.75, 3.05) is 5.73 Å². The second-order valence-electron chi connectivity index (χ2n) is 7.33. The van der Waals surface area contributed by atoms with E-state index >= 15 is 0 Å². The summed E-state index contributed by atoms with van der Waals surface area (Å²) in [6.45, 7) is 8.85.